The van der Waals surface area contributed by atoms with E-state index in [1.165, 1.54) is 40.1 Å². The smallest absolute Gasteiger partial charge is 0.0770 e. The molecule has 6 heteroatoms. The zero-order valence-electron chi connectivity index (χ0n) is 26.3. The summed E-state index contributed by atoms with van der Waals surface area (Å²) in [5.74, 6) is 0.513. The van der Waals surface area contributed by atoms with Crippen LogP contribution in [0, 0.1) is 23.4 Å². The molecule has 0 bridgehead atoms. The second-order valence-corrected chi connectivity index (χ2v) is 12.2. The number of hydrogen-bond acceptors (Lipinski definition) is 2. The maximum atomic E-state index is 12.8. The number of fused-ring (bicyclic) bond motifs is 1. The van der Waals surface area contributed by atoms with Gasteiger partial charge in [-0.15, -0.1) is 35.9 Å². The summed E-state index contributed by atoms with van der Waals surface area (Å²) in [7, 11) is 1.95. The minimum Gasteiger partial charge on any atom is -0.367 e. The third-order valence-corrected chi connectivity index (χ3v) is 7.59. The van der Waals surface area contributed by atoms with Crippen molar-refractivity contribution in [3.63, 3.8) is 0 Å². The van der Waals surface area contributed by atoms with Crippen molar-refractivity contribution in [1.82, 2.24) is 19.3 Å². The van der Waals surface area contributed by atoms with Crippen molar-refractivity contribution < 1.29 is 24.5 Å². The van der Waals surface area contributed by atoms with Gasteiger partial charge in [-0.2, -0.15) is 29.4 Å². The van der Waals surface area contributed by atoms with Crippen LogP contribution < -0.4 is 0 Å². The molecule has 0 N–H and O–H groups in total. The summed E-state index contributed by atoms with van der Waals surface area (Å²) in [5, 5.41) is 4.71. The average molecular weight is 783 g/mol. The molecule has 233 valence electrons. The van der Waals surface area contributed by atoms with Crippen molar-refractivity contribution in [2.45, 2.75) is 27.2 Å². The Kier molecular flexibility index (Phi) is 10.1. The van der Waals surface area contributed by atoms with E-state index in [2.05, 4.69) is 92.5 Å². The van der Waals surface area contributed by atoms with Crippen molar-refractivity contribution in [2.75, 3.05) is 0 Å². The zero-order chi connectivity index (χ0) is 31.4. The number of imidazole rings is 1. The van der Waals surface area contributed by atoms with Gasteiger partial charge in [0.1, 0.15) is 0 Å². The van der Waals surface area contributed by atoms with Crippen LogP contribution in [0.25, 0.3) is 50.4 Å². The molecule has 0 aliphatic rings. The van der Waals surface area contributed by atoms with Crippen LogP contribution in [-0.2, 0) is 33.6 Å². The largest absolute Gasteiger partial charge is 0.367 e. The van der Waals surface area contributed by atoms with E-state index >= 15 is 0 Å². The molecule has 0 saturated carbocycles. The third-order valence-electron chi connectivity index (χ3n) is 7.59. The fourth-order valence-corrected chi connectivity index (χ4v) is 5.41. The molecule has 5 aromatic carbocycles. The molecule has 0 unspecified atom stereocenters. The molecule has 4 nitrogen and oxygen atoms in total. The van der Waals surface area contributed by atoms with Crippen molar-refractivity contribution in [3.8, 4) is 39.3 Å². The summed E-state index contributed by atoms with van der Waals surface area (Å²) in [6.07, 6.45) is 2.92. The molecule has 0 aliphatic carbocycles. The van der Waals surface area contributed by atoms with E-state index in [9.17, 15) is 4.39 Å². The standard InChI is InChI=1S/C26H25N2.C14H10FN2.Ir/c1-26(2,3)18-25-24(19-27-28(25)23-12-8-5-9-13-23)22-16-14-21(15-17-22)20-10-6-4-7-11-20;1-17-13-5-3-2-4-12(13)16-14(17)10-6-8-11(15)9-7-10;/h4-12,14-17,19H,18H2,1-3H3;2-6,8-9H,1H3;/q2*-1;. The van der Waals surface area contributed by atoms with Gasteiger partial charge in [0.25, 0.3) is 0 Å². The quantitative estimate of drug-likeness (QED) is 0.163. The average Bonchev–Trinajstić information content (AvgIpc) is 3.62. The number of aryl methyl sites for hydroxylation is 1. The molecule has 0 saturated heterocycles. The number of para-hydroxylation sites is 3. The maximum Gasteiger partial charge on any atom is 0.0770 e. The Morgan fingerprint density at radius 2 is 1.41 bits per heavy atom. The number of hydrogen-bond donors (Lipinski definition) is 0. The van der Waals surface area contributed by atoms with Crippen LogP contribution in [-0.4, -0.2) is 19.3 Å². The van der Waals surface area contributed by atoms with E-state index < -0.39 is 0 Å². The fraction of sp³-hybridized carbons (Fsp3) is 0.150. The predicted octanol–water partition coefficient (Wildman–Crippen LogP) is 9.77. The first kappa shape index (κ1) is 32.7. The first-order valence-corrected chi connectivity index (χ1v) is 15.1. The summed E-state index contributed by atoms with van der Waals surface area (Å²) in [5.41, 5.74) is 9.99. The number of aromatic nitrogens is 4. The summed E-state index contributed by atoms with van der Waals surface area (Å²) in [6, 6.07) is 45.8. The predicted molar refractivity (Wildman–Crippen MR) is 181 cm³/mol. The van der Waals surface area contributed by atoms with Crippen LogP contribution in [0.5, 0.6) is 0 Å². The number of rotatable bonds is 5. The van der Waals surface area contributed by atoms with Gasteiger partial charge in [0, 0.05) is 38.5 Å². The van der Waals surface area contributed by atoms with Gasteiger partial charge in [0.05, 0.1) is 28.7 Å². The van der Waals surface area contributed by atoms with E-state index in [0.717, 1.165) is 34.5 Å². The van der Waals surface area contributed by atoms with Gasteiger partial charge in [-0.3, -0.25) is 14.1 Å². The molecule has 0 atom stereocenters. The summed E-state index contributed by atoms with van der Waals surface area (Å²) < 4.78 is 16.9. The molecule has 7 rings (SSSR count). The fourth-order valence-electron chi connectivity index (χ4n) is 5.41. The first-order valence-electron chi connectivity index (χ1n) is 15.1. The van der Waals surface area contributed by atoms with Gasteiger partial charge < -0.3 is 4.57 Å². The Bertz CT molecular complexity index is 2010. The summed E-state index contributed by atoms with van der Waals surface area (Å²) >= 11 is 0. The summed E-state index contributed by atoms with van der Waals surface area (Å²) in [4.78, 5) is 4.52. The molecule has 0 amide bonds. The van der Waals surface area contributed by atoms with E-state index in [-0.39, 0.29) is 31.3 Å². The topological polar surface area (TPSA) is 35.6 Å². The molecule has 0 spiro atoms. The first-order chi connectivity index (χ1) is 21.8. The number of nitrogens with zero attached hydrogens (tertiary/aromatic N) is 4. The Morgan fingerprint density at radius 3 is 2.07 bits per heavy atom. The summed E-state index contributed by atoms with van der Waals surface area (Å²) in [6.45, 7) is 6.80. The molecule has 0 fully saturated rings. The van der Waals surface area contributed by atoms with Crippen molar-refractivity contribution >= 4 is 11.0 Å². The molecule has 2 aromatic heterocycles. The van der Waals surface area contributed by atoms with Crippen LogP contribution in [0.2, 0.25) is 0 Å². The normalized spacial score (nSPS) is 11.1. The van der Waals surface area contributed by atoms with Crippen molar-refractivity contribution in [1.29, 1.82) is 0 Å². The van der Waals surface area contributed by atoms with Crippen LogP contribution in [0.4, 0.5) is 4.39 Å². The van der Waals surface area contributed by atoms with Crippen LogP contribution >= 0.6 is 0 Å². The maximum absolute atomic E-state index is 12.8. The van der Waals surface area contributed by atoms with Gasteiger partial charge in [-0.25, -0.2) is 0 Å². The molecule has 1 radical (unpaired) electrons. The number of halogens is 1. The van der Waals surface area contributed by atoms with Crippen molar-refractivity contribution in [2.24, 2.45) is 12.5 Å². The van der Waals surface area contributed by atoms with E-state index in [1.807, 2.05) is 71.0 Å². The zero-order valence-corrected chi connectivity index (χ0v) is 28.7. The van der Waals surface area contributed by atoms with Crippen molar-refractivity contribution in [3.05, 3.63) is 151 Å². The molecular formula is C40H35FIrN4-2. The second-order valence-electron chi connectivity index (χ2n) is 12.2. The van der Waals surface area contributed by atoms with Gasteiger partial charge in [0.2, 0.25) is 0 Å². The Labute approximate surface area is 283 Å². The van der Waals surface area contributed by atoms with Crippen LogP contribution in [0.3, 0.4) is 0 Å². The third kappa shape index (κ3) is 7.42. The monoisotopic (exact) mass is 783 g/mol. The number of benzene rings is 5. The molecule has 46 heavy (non-hydrogen) atoms. The Morgan fingerprint density at radius 1 is 0.739 bits per heavy atom. The van der Waals surface area contributed by atoms with Gasteiger partial charge in [0.15, 0.2) is 0 Å². The van der Waals surface area contributed by atoms with Crippen LogP contribution in [0.15, 0.2) is 128 Å². The van der Waals surface area contributed by atoms with E-state index in [4.69, 9.17) is 5.10 Å². The van der Waals surface area contributed by atoms with Gasteiger partial charge in [-0.1, -0.05) is 87.5 Å². The SMILES string of the molecule is CC(C)(C)Cc1c(-c2ccc(-c3ccccc3)cc2)cnn1-c1[c-]cccc1.Cn1c(-c2[c-]cc(F)cc2)nc2ccccc21.[Ir]. The van der Waals surface area contributed by atoms with Gasteiger partial charge >= 0.3 is 0 Å². The van der Waals surface area contributed by atoms with Gasteiger partial charge in [-0.05, 0) is 46.3 Å². The molecule has 0 aliphatic heterocycles. The molecular weight excluding hydrogens is 748 g/mol. The Hall–Kier alpha value is -4.64. The minimum atomic E-state index is -0.285. The molecule has 7 aromatic rings. The van der Waals surface area contributed by atoms with E-state index in [0.29, 0.717) is 0 Å². The molecule has 2 heterocycles. The van der Waals surface area contributed by atoms with E-state index in [1.54, 1.807) is 6.07 Å². The Balaban J connectivity index is 0.000000198. The minimum absolute atomic E-state index is 0. The second kappa shape index (κ2) is 14.2. The van der Waals surface area contributed by atoms with Crippen LogP contribution in [0.1, 0.15) is 26.5 Å².